The van der Waals surface area contributed by atoms with Gasteiger partial charge in [0.25, 0.3) is 11.6 Å². The van der Waals surface area contributed by atoms with Gasteiger partial charge in [-0.15, -0.1) is 5.10 Å². The number of carbonyl (C=O) groups excluding carboxylic acids is 2. The van der Waals surface area contributed by atoms with E-state index in [1.807, 2.05) is 11.5 Å². The third-order valence-electron chi connectivity index (χ3n) is 5.31. The maximum Gasteiger partial charge on any atom is 0.378 e. The van der Waals surface area contributed by atoms with Gasteiger partial charge in [0, 0.05) is 34.9 Å². The lowest BCUT2D eigenvalue weighted by Gasteiger charge is -2.16. The van der Waals surface area contributed by atoms with E-state index in [4.69, 9.17) is 4.74 Å². The van der Waals surface area contributed by atoms with Crippen LogP contribution in [0.2, 0.25) is 0 Å². The molecule has 0 N–H and O–H groups in total. The minimum absolute atomic E-state index is 0.0684. The van der Waals surface area contributed by atoms with Crippen molar-refractivity contribution in [3.63, 3.8) is 0 Å². The first-order valence-electron chi connectivity index (χ1n) is 9.44. The number of rotatable bonds is 5. The fourth-order valence-electron chi connectivity index (χ4n) is 3.87. The summed E-state index contributed by atoms with van der Waals surface area (Å²) in [4.78, 5) is 33.0. The number of hydrogen-bond donors (Lipinski definition) is 0. The Hall–Kier alpha value is -3.08. The molecule has 1 atom stereocenters. The first-order valence-corrected chi connectivity index (χ1v) is 11.3. The van der Waals surface area contributed by atoms with Crippen LogP contribution in [0.15, 0.2) is 18.3 Å². The maximum absolute atomic E-state index is 12.7. The molecule has 1 aliphatic heterocycles. The lowest BCUT2D eigenvalue weighted by molar-refractivity contribution is 0.0462. The van der Waals surface area contributed by atoms with Gasteiger partial charge in [-0.2, -0.15) is 4.98 Å². The minimum atomic E-state index is -3.05. The van der Waals surface area contributed by atoms with Crippen molar-refractivity contribution in [3.05, 3.63) is 46.8 Å². The van der Waals surface area contributed by atoms with Gasteiger partial charge in [-0.3, -0.25) is 4.79 Å². The van der Waals surface area contributed by atoms with E-state index in [1.54, 1.807) is 32.2 Å². The molecule has 0 saturated carbocycles. The first kappa shape index (κ1) is 20.2. The molecule has 0 radical (unpaired) electrons. The Balaban J connectivity index is 1.48. The van der Waals surface area contributed by atoms with Gasteiger partial charge in [-0.05, 0) is 39.3 Å². The molecule has 158 valence electrons. The lowest BCUT2D eigenvalue weighted by atomic mass is 10.1. The van der Waals surface area contributed by atoms with Crippen molar-refractivity contribution in [2.45, 2.75) is 33.2 Å². The molecule has 0 bridgehead atoms. The molecule has 1 fully saturated rings. The predicted molar refractivity (Wildman–Crippen MR) is 106 cm³/mol. The number of hydrogen-bond acceptors (Lipinski definition) is 8. The smallest absolute Gasteiger partial charge is 0.378 e. The summed E-state index contributed by atoms with van der Waals surface area (Å²) in [5.41, 5.74) is 2.63. The summed E-state index contributed by atoms with van der Waals surface area (Å²) >= 11 is 0. The monoisotopic (exact) mass is 431 g/mol. The largest absolute Gasteiger partial charge is 0.451 e. The van der Waals surface area contributed by atoms with E-state index < -0.39 is 22.4 Å². The zero-order chi connectivity index (χ0) is 21.6. The van der Waals surface area contributed by atoms with Gasteiger partial charge in [-0.25, -0.2) is 22.7 Å². The van der Waals surface area contributed by atoms with Crippen LogP contribution >= 0.6 is 0 Å². The molecular weight excluding hydrogens is 410 g/mol. The number of aryl methyl sites for hydroxylation is 2. The number of esters is 1. The number of ketones is 1. The van der Waals surface area contributed by atoms with E-state index in [9.17, 15) is 18.0 Å². The van der Waals surface area contributed by atoms with Crippen molar-refractivity contribution in [1.82, 2.24) is 24.1 Å². The highest BCUT2D eigenvalue weighted by Crippen LogP contribution is 2.29. The molecule has 3 aromatic heterocycles. The second-order valence-corrected chi connectivity index (χ2v) is 9.67. The van der Waals surface area contributed by atoms with Gasteiger partial charge in [-0.1, -0.05) is 0 Å². The summed E-state index contributed by atoms with van der Waals surface area (Å²) in [7, 11) is -3.05. The average molecular weight is 431 g/mol. The molecule has 0 spiro atoms. The standard InChI is InChI=1S/C19H21N5O5S/c1-11-4-6-20-19-21-17(22-24(11)19)18(26)29-9-16(25)15-8-12(2)23(13(15)3)14-5-7-30(27,28)10-14/h4,6,8,14H,5,7,9-10H2,1-3H3. The zero-order valence-corrected chi connectivity index (χ0v) is 17.6. The van der Waals surface area contributed by atoms with Crippen LogP contribution in [0, 0.1) is 20.8 Å². The van der Waals surface area contributed by atoms with E-state index in [0.29, 0.717) is 17.7 Å². The minimum Gasteiger partial charge on any atom is -0.451 e. The van der Waals surface area contributed by atoms with E-state index >= 15 is 0 Å². The number of nitrogens with zero attached hydrogens (tertiary/aromatic N) is 5. The average Bonchev–Trinajstić information content (AvgIpc) is 3.35. The molecule has 4 rings (SSSR count). The Labute approximate surface area is 172 Å². The van der Waals surface area contributed by atoms with Crippen molar-refractivity contribution >= 4 is 27.4 Å². The molecule has 0 amide bonds. The summed E-state index contributed by atoms with van der Waals surface area (Å²) in [6, 6.07) is 3.25. The summed E-state index contributed by atoms with van der Waals surface area (Å²) in [6.45, 7) is 4.93. The fraction of sp³-hybridized carbons (Fsp3) is 0.421. The predicted octanol–water partition coefficient (Wildman–Crippen LogP) is 1.25. The quantitative estimate of drug-likeness (QED) is 0.436. The van der Waals surface area contributed by atoms with Crippen molar-refractivity contribution in [2.75, 3.05) is 18.1 Å². The normalized spacial score (nSPS) is 18.0. The second-order valence-electron chi connectivity index (χ2n) is 7.44. The van der Waals surface area contributed by atoms with Crippen molar-refractivity contribution in [1.29, 1.82) is 0 Å². The number of fused-ring (bicyclic) bond motifs is 1. The number of Topliss-reactive ketones (excluding diaryl/α,β-unsaturated/α-hetero) is 1. The topological polar surface area (TPSA) is 126 Å². The molecule has 10 nitrogen and oxygen atoms in total. The van der Waals surface area contributed by atoms with Crippen LogP contribution in [-0.2, 0) is 14.6 Å². The Bertz CT molecular complexity index is 1270. The highest BCUT2D eigenvalue weighted by molar-refractivity contribution is 7.91. The number of carbonyl (C=O) groups is 2. The van der Waals surface area contributed by atoms with Gasteiger partial charge in [0.1, 0.15) is 0 Å². The summed E-state index contributed by atoms with van der Waals surface area (Å²) in [6.07, 6.45) is 2.08. The molecule has 3 aromatic rings. The van der Waals surface area contributed by atoms with E-state index in [-0.39, 0.29) is 34.9 Å². The van der Waals surface area contributed by atoms with Gasteiger partial charge in [0.2, 0.25) is 5.78 Å². The fourth-order valence-corrected chi connectivity index (χ4v) is 5.57. The first-order chi connectivity index (χ1) is 14.2. The second kappa shape index (κ2) is 7.31. The highest BCUT2D eigenvalue weighted by Gasteiger charge is 2.32. The van der Waals surface area contributed by atoms with Crippen LogP contribution in [0.4, 0.5) is 0 Å². The van der Waals surface area contributed by atoms with Crippen molar-refractivity contribution < 1.29 is 22.7 Å². The van der Waals surface area contributed by atoms with Gasteiger partial charge >= 0.3 is 5.97 Å². The molecule has 0 aliphatic carbocycles. The SMILES string of the molecule is Cc1cc(C(=O)COC(=O)c2nc3nccc(C)n3n2)c(C)n1C1CCS(=O)(=O)C1. The lowest BCUT2D eigenvalue weighted by Crippen LogP contribution is -2.17. The van der Waals surface area contributed by atoms with Crippen LogP contribution in [0.3, 0.4) is 0 Å². The van der Waals surface area contributed by atoms with Gasteiger partial charge in [0.05, 0.1) is 11.5 Å². The molecule has 0 aromatic carbocycles. The molecule has 1 aliphatic rings. The summed E-state index contributed by atoms with van der Waals surface area (Å²) in [5, 5.41) is 4.06. The van der Waals surface area contributed by atoms with Crippen LogP contribution in [0.25, 0.3) is 5.78 Å². The van der Waals surface area contributed by atoms with Crippen LogP contribution in [-0.4, -0.2) is 62.4 Å². The molecular formula is C19H21N5O5S. The third kappa shape index (κ3) is 3.60. The molecule has 1 saturated heterocycles. The molecule has 11 heteroatoms. The Kier molecular flexibility index (Phi) is 4.92. The van der Waals surface area contributed by atoms with Crippen LogP contribution in [0.5, 0.6) is 0 Å². The van der Waals surface area contributed by atoms with Crippen LogP contribution < -0.4 is 0 Å². The zero-order valence-electron chi connectivity index (χ0n) is 16.8. The van der Waals surface area contributed by atoms with Crippen molar-refractivity contribution in [2.24, 2.45) is 0 Å². The van der Waals surface area contributed by atoms with E-state index in [2.05, 4.69) is 15.1 Å². The van der Waals surface area contributed by atoms with Gasteiger partial charge < -0.3 is 9.30 Å². The number of sulfone groups is 1. The summed E-state index contributed by atoms with van der Waals surface area (Å²) < 4.78 is 32.1. The van der Waals surface area contributed by atoms with E-state index in [0.717, 1.165) is 11.4 Å². The van der Waals surface area contributed by atoms with Crippen molar-refractivity contribution in [3.8, 4) is 0 Å². The highest BCUT2D eigenvalue weighted by atomic mass is 32.2. The summed E-state index contributed by atoms with van der Waals surface area (Å²) in [5.74, 6) is -0.880. The van der Waals surface area contributed by atoms with E-state index in [1.165, 1.54) is 4.52 Å². The molecule has 1 unspecified atom stereocenters. The number of ether oxygens (including phenoxy) is 1. The Morgan fingerprint density at radius 3 is 2.67 bits per heavy atom. The Morgan fingerprint density at radius 2 is 2.00 bits per heavy atom. The molecule has 30 heavy (non-hydrogen) atoms. The maximum atomic E-state index is 12.7. The number of aromatic nitrogens is 5. The Morgan fingerprint density at radius 1 is 1.23 bits per heavy atom. The third-order valence-corrected chi connectivity index (χ3v) is 7.06. The van der Waals surface area contributed by atoms with Crippen LogP contribution in [0.1, 0.15) is 50.5 Å². The molecule has 4 heterocycles. The van der Waals surface area contributed by atoms with Gasteiger partial charge in [0.15, 0.2) is 16.4 Å².